The van der Waals surface area contributed by atoms with Crippen LogP contribution in [-0.4, -0.2) is 4.98 Å². The minimum atomic E-state index is 0.444. The lowest BCUT2D eigenvalue weighted by Gasteiger charge is -1.94. The van der Waals surface area contributed by atoms with E-state index in [-0.39, 0.29) is 0 Å². The second kappa shape index (κ2) is 7.20. The van der Waals surface area contributed by atoms with E-state index in [1.807, 2.05) is 19.9 Å². The van der Waals surface area contributed by atoms with Crippen molar-refractivity contribution in [1.82, 2.24) is 4.98 Å². The van der Waals surface area contributed by atoms with Crippen LogP contribution in [0.25, 0.3) is 0 Å². The van der Waals surface area contributed by atoms with Gasteiger partial charge >= 0.3 is 0 Å². The normalized spacial score (nSPS) is 9.67. The topological polar surface area (TPSA) is 12.9 Å². The third-order valence-corrected chi connectivity index (χ3v) is 3.07. The van der Waals surface area contributed by atoms with Gasteiger partial charge in [0, 0.05) is 10.0 Å². The molecule has 2 aromatic rings. The van der Waals surface area contributed by atoms with Gasteiger partial charge in [0.2, 0.25) is 0 Å². The zero-order valence-corrected chi connectivity index (χ0v) is 12.9. The van der Waals surface area contributed by atoms with Gasteiger partial charge in [0.1, 0.15) is 10.3 Å². The molecule has 0 amide bonds. The number of benzene rings is 1. The first-order valence-electron chi connectivity index (χ1n) is 5.10. The Bertz CT molecular complexity index is 490. The van der Waals surface area contributed by atoms with Crippen LogP contribution in [0.15, 0.2) is 30.3 Å². The molecule has 0 atom stereocenters. The fourth-order valence-corrected chi connectivity index (χ4v) is 2.11. The summed E-state index contributed by atoms with van der Waals surface area (Å²) < 4.78 is 0. The SMILES string of the molecule is Cc1cc(Cl)ccc1Cl.Cc1cc(Cl)nc(Cl)c1. The number of aryl methyl sites for hydroxylation is 2. The molecule has 0 saturated heterocycles. The summed E-state index contributed by atoms with van der Waals surface area (Å²) in [6, 6.07) is 8.92. The zero-order valence-electron chi connectivity index (χ0n) is 9.85. The monoisotopic (exact) mass is 321 g/mol. The molecule has 1 aromatic carbocycles. The van der Waals surface area contributed by atoms with Crippen LogP contribution in [0.3, 0.4) is 0 Å². The Labute approximate surface area is 127 Å². The van der Waals surface area contributed by atoms with E-state index in [0.29, 0.717) is 10.3 Å². The highest BCUT2D eigenvalue weighted by atomic mass is 35.5. The van der Waals surface area contributed by atoms with Crippen LogP contribution in [0.1, 0.15) is 11.1 Å². The molecule has 2 rings (SSSR count). The van der Waals surface area contributed by atoms with Crippen molar-refractivity contribution >= 4 is 46.4 Å². The highest BCUT2D eigenvalue weighted by Crippen LogP contribution is 2.18. The molecule has 0 saturated carbocycles. The smallest absolute Gasteiger partial charge is 0.131 e. The van der Waals surface area contributed by atoms with Crippen LogP contribution in [0, 0.1) is 13.8 Å². The number of hydrogen-bond acceptors (Lipinski definition) is 1. The minimum absolute atomic E-state index is 0.444. The van der Waals surface area contributed by atoms with E-state index in [1.165, 1.54) is 0 Å². The van der Waals surface area contributed by atoms with Gasteiger partial charge in [0.05, 0.1) is 0 Å². The fraction of sp³-hybridized carbons (Fsp3) is 0.154. The molecule has 96 valence electrons. The number of aromatic nitrogens is 1. The molecule has 18 heavy (non-hydrogen) atoms. The average molecular weight is 323 g/mol. The molecule has 0 bridgehead atoms. The van der Waals surface area contributed by atoms with E-state index in [4.69, 9.17) is 46.4 Å². The predicted molar refractivity (Wildman–Crippen MR) is 80.2 cm³/mol. The fourth-order valence-electron chi connectivity index (χ4n) is 1.19. The number of rotatable bonds is 0. The summed E-state index contributed by atoms with van der Waals surface area (Å²) in [6.07, 6.45) is 0. The standard InChI is InChI=1S/C7H6Cl2.C6H5Cl2N/c1-5-4-6(8)2-3-7(5)9;1-4-2-5(7)9-6(8)3-4/h2-4H,1H3;2-3H,1H3. The summed E-state index contributed by atoms with van der Waals surface area (Å²) in [7, 11) is 0. The first-order chi connectivity index (χ1) is 8.38. The third-order valence-electron chi connectivity index (χ3n) is 2.03. The third kappa shape index (κ3) is 5.45. The molecule has 0 aliphatic carbocycles. The highest BCUT2D eigenvalue weighted by molar-refractivity contribution is 6.33. The first kappa shape index (κ1) is 15.6. The molecule has 0 unspecified atom stereocenters. The van der Waals surface area contributed by atoms with Gasteiger partial charge in [0.15, 0.2) is 0 Å². The first-order valence-corrected chi connectivity index (χ1v) is 6.61. The molecule has 0 aliphatic rings. The van der Waals surface area contributed by atoms with Gasteiger partial charge in [-0.3, -0.25) is 0 Å². The zero-order chi connectivity index (χ0) is 13.7. The van der Waals surface area contributed by atoms with Crippen molar-refractivity contribution in [2.75, 3.05) is 0 Å². The van der Waals surface area contributed by atoms with E-state index >= 15 is 0 Å². The Morgan fingerprint density at radius 3 is 1.78 bits per heavy atom. The predicted octanol–water partition coefficient (Wildman–Crippen LogP) is 6.00. The summed E-state index contributed by atoms with van der Waals surface area (Å²) in [4.78, 5) is 3.77. The van der Waals surface area contributed by atoms with Crippen molar-refractivity contribution in [3.63, 3.8) is 0 Å². The summed E-state index contributed by atoms with van der Waals surface area (Å²) in [5, 5.41) is 2.39. The number of pyridine rings is 1. The van der Waals surface area contributed by atoms with Crippen LogP contribution in [0.5, 0.6) is 0 Å². The largest absolute Gasteiger partial charge is 0.224 e. The molecular weight excluding hydrogens is 312 g/mol. The maximum Gasteiger partial charge on any atom is 0.131 e. The Kier molecular flexibility index (Phi) is 6.24. The molecule has 0 N–H and O–H groups in total. The highest BCUT2D eigenvalue weighted by Gasteiger charge is 1.93. The van der Waals surface area contributed by atoms with Crippen LogP contribution >= 0.6 is 46.4 Å². The van der Waals surface area contributed by atoms with Crippen molar-refractivity contribution in [2.45, 2.75) is 13.8 Å². The summed E-state index contributed by atoms with van der Waals surface area (Å²) in [5.74, 6) is 0. The van der Waals surface area contributed by atoms with Crippen molar-refractivity contribution < 1.29 is 0 Å². The van der Waals surface area contributed by atoms with E-state index in [0.717, 1.165) is 21.2 Å². The van der Waals surface area contributed by atoms with Crippen molar-refractivity contribution in [3.8, 4) is 0 Å². The second-order valence-electron chi connectivity index (χ2n) is 3.68. The van der Waals surface area contributed by atoms with Crippen LogP contribution < -0.4 is 0 Å². The van der Waals surface area contributed by atoms with Gasteiger partial charge < -0.3 is 0 Å². The maximum atomic E-state index is 5.72. The van der Waals surface area contributed by atoms with Gasteiger partial charge in [-0.25, -0.2) is 4.98 Å². The van der Waals surface area contributed by atoms with E-state index in [2.05, 4.69) is 4.98 Å². The number of hydrogen-bond donors (Lipinski definition) is 0. The lowest BCUT2D eigenvalue weighted by atomic mass is 10.2. The van der Waals surface area contributed by atoms with Crippen LogP contribution in [0.2, 0.25) is 20.4 Å². The van der Waals surface area contributed by atoms with E-state index < -0.39 is 0 Å². The van der Waals surface area contributed by atoms with Crippen LogP contribution in [-0.2, 0) is 0 Å². The Morgan fingerprint density at radius 1 is 0.833 bits per heavy atom. The molecule has 5 heteroatoms. The van der Waals surface area contributed by atoms with Gasteiger partial charge in [-0.05, 0) is 55.3 Å². The molecule has 0 spiro atoms. The van der Waals surface area contributed by atoms with Crippen molar-refractivity contribution in [1.29, 1.82) is 0 Å². The Balaban J connectivity index is 0.000000180. The van der Waals surface area contributed by atoms with Crippen LogP contribution in [0.4, 0.5) is 0 Å². The minimum Gasteiger partial charge on any atom is -0.224 e. The van der Waals surface area contributed by atoms with Gasteiger partial charge in [-0.2, -0.15) is 0 Å². The molecule has 1 heterocycles. The average Bonchev–Trinajstić information content (AvgIpc) is 2.23. The quantitative estimate of drug-likeness (QED) is 0.542. The molecule has 0 radical (unpaired) electrons. The Hall–Kier alpha value is -0.470. The lowest BCUT2D eigenvalue weighted by molar-refractivity contribution is 1.29. The van der Waals surface area contributed by atoms with Gasteiger partial charge in [0.25, 0.3) is 0 Å². The van der Waals surface area contributed by atoms with Gasteiger partial charge in [-0.15, -0.1) is 0 Å². The summed E-state index contributed by atoms with van der Waals surface area (Å²) in [5.41, 5.74) is 2.05. The number of halogens is 4. The molecule has 0 aliphatic heterocycles. The van der Waals surface area contributed by atoms with E-state index in [1.54, 1.807) is 24.3 Å². The van der Waals surface area contributed by atoms with Crippen molar-refractivity contribution in [2.24, 2.45) is 0 Å². The summed E-state index contributed by atoms with van der Waals surface area (Å²) in [6.45, 7) is 3.84. The summed E-state index contributed by atoms with van der Waals surface area (Å²) >= 11 is 22.5. The molecule has 0 fully saturated rings. The van der Waals surface area contributed by atoms with Gasteiger partial charge in [-0.1, -0.05) is 46.4 Å². The molecule has 1 aromatic heterocycles. The lowest BCUT2D eigenvalue weighted by Crippen LogP contribution is -1.77. The Morgan fingerprint density at radius 2 is 1.39 bits per heavy atom. The van der Waals surface area contributed by atoms with Crippen molar-refractivity contribution in [3.05, 3.63) is 61.8 Å². The van der Waals surface area contributed by atoms with E-state index in [9.17, 15) is 0 Å². The molecule has 1 nitrogen and oxygen atoms in total. The number of nitrogens with zero attached hydrogens (tertiary/aromatic N) is 1. The maximum absolute atomic E-state index is 5.72. The molecular formula is C13H11Cl4N. The second-order valence-corrected chi connectivity index (χ2v) is 5.30.